The third-order valence-corrected chi connectivity index (χ3v) is 3.20. The quantitative estimate of drug-likeness (QED) is 0.911. The second kappa shape index (κ2) is 5.34. The lowest BCUT2D eigenvalue weighted by molar-refractivity contribution is -0.138. The van der Waals surface area contributed by atoms with Gasteiger partial charge in [-0.15, -0.1) is 0 Å². The van der Waals surface area contributed by atoms with Crippen LogP contribution in [-0.2, 0) is 4.79 Å². The highest BCUT2D eigenvalue weighted by atomic mass is 19.2. The molecule has 0 aromatic heterocycles. The molecule has 1 fully saturated rings. The van der Waals surface area contributed by atoms with Gasteiger partial charge in [-0.1, -0.05) is 0 Å². The summed E-state index contributed by atoms with van der Waals surface area (Å²) >= 11 is 0. The molecule has 0 bridgehead atoms. The van der Waals surface area contributed by atoms with E-state index in [4.69, 9.17) is 5.11 Å². The van der Waals surface area contributed by atoms with E-state index in [1.54, 1.807) is 0 Å². The predicted molar refractivity (Wildman–Crippen MR) is 62.6 cm³/mol. The molecule has 0 aliphatic carbocycles. The van der Waals surface area contributed by atoms with Gasteiger partial charge in [-0.2, -0.15) is 0 Å². The molecule has 6 heteroatoms. The van der Waals surface area contributed by atoms with Gasteiger partial charge in [-0.25, -0.2) is 8.78 Å². The van der Waals surface area contributed by atoms with Crippen molar-refractivity contribution in [1.82, 2.24) is 4.90 Å². The van der Waals surface area contributed by atoms with Crippen LogP contribution in [0.5, 0.6) is 0 Å². The number of aliphatic carboxylic acids is 1. The average Bonchev–Trinajstić information content (AvgIpc) is 2.79. The summed E-state index contributed by atoms with van der Waals surface area (Å²) in [6, 6.07) is 3.00. The zero-order valence-electron chi connectivity index (χ0n) is 10.1. The normalized spacial score (nSPS) is 18.6. The predicted octanol–water partition coefficient (Wildman–Crippen LogP) is 1.90. The lowest BCUT2D eigenvalue weighted by Crippen LogP contribution is -2.29. The highest BCUT2D eigenvalue weighted by molar-refractivity contribution is 5.94. The first-order valence-corrected chi connectivity index (χ1v) is 5.93. The van der Waals surface area contributed by atoms with Crippen molar-refractivity contribution in [3.63, 3.8) is 0 Å². The number of hydrogen-bond donors (Lipinski definition) is 1. The Morgan fingerprint density at radius 1 is 1.32 bits per heavy atom. The third-order valence-electron chi connectivity index (χ3n) is 3.20. The van der Waals surface area contributed by atoms with Crippen molar-refractivity contribution in [2.75, 3.05) is 13.1 Å². The highest BCUT2D eigenvalue weighted by Gasteiger charge is 2.28. The molecule has 1 atom stereocenters. The maximum atomic E-state index is 13.1. The lowest BCUT2D eigenvalue weighted by atomic mass is 10.1. The number of carbonyl (C=O) groups excluding carboxylic acids is 1. The van der Waals surface area contributed by atoms with E-state index in [1.165, 1.54) is 11.0 Å². The molecular weight excluding hydrogens is 256 g/mol. The minimum Gasteiger partial charge on any atom is -0.481 e. The molecule has 1 N–H and O–H groups in total. The number of likely N-dealkylation sites (tertiary alicyclic amines) is 1. The van der Waals surface area contributed by atoms with Crippen molar-refractivity contribution in [2.45, 2.75) is 12.8 Å². The first kappa shape index (κ1) is 13.5. The number of carbonyl (C=O) groups is 2. The van der Waals surface area contributed by atoms with Crippen LogP contribution in [0.2, 0.25) is 0 Å². The van der Waals surface area contributed by atoms with Crippen molar-refractivity contribution in [3.05, 3.63) is 35.4 Å². The molecule has 2 rings (SSSR count). The summed E-state index contributed by atoms with van der Waals surface area (Å²) in [5.41, 5.74) is 0.0786. The minimum absolute atomic E-state index is 0.0154. The van der Waals surface area contributed by atoms with Crippen LogP contribution in [0.25, 0.3) is 0 Å². The van der Waals surface area contributed by atoms with Gasteiger partial charge in [-0.05, 0) is 30.5 Å². The van der Waals surface area contributed by atoms with Crippen molar-refractivity contribution in [2.24, 2.45) is 5.92 Å². The van der Waals surface area contributed by atoms with Crippen LogP contribution in [0.15, 0.2) is 18.2 Å². The number of nitrogens with zero attached hydrogens (tertiary/aromatic N) is 1. The van der Waals surface area contributed by atoms with Crippen LogP contribution in [-0.4, -0.2) is 35.0 Å². The van der Waals surface area contributed by atoms with Crippen molar-refractivity contribution in [3.8, 4) is 0 Å². The topological polar surface area (TPSA) is 57.6 Å². The highest BCUT2D eigenvalue weighted by Crippen LogP contribution is 2.22. The standard InChI is InChI=1S/C13H13F2NO3/c14-10-2-1-9(6-11(10)15)13(19)16-4-3-8(7-16)5-12(17)18/h1-2,6,8H,3-5,7H2,(H,17,18). The first-order chi connectivity index (χ1) is 8.97. The van der Waals surface area contributed by atoms with E-state index >= 15 is 0 Å². The van der Waals surface area contributed by atoms with Gasteiger partial charge in [0.25, 0.3) is 5.91 Å². The van der Waals surface area contributed by atoms with Crippen LogP contribution in [0, 0.1) is 17.6 Å². The van der Waals surface area contributed by atoms with Crippen LogP contribution in [0.4, 0.5) is 8.78 Å². The van der Waals surface area contributed by atoms with E-state index in [-0.39, 0.29) is 17.9 Å². The number of hydrogen-bond acceptors (Lipinski definition) is 2. The zero-order valence-corrected chi connectivity index (χ0v) is 10.1. The zero-order chi connectivity index (χ0) is 14.0. The minimum atomic E-state index is -1.06. The molecular formula is C13H13F2NO3. The first-order valence-electron chi connectivity index (χ1n) is 5.93. The van der Waals surface area contributed by atoms with Crippen molar-refractivity contribution in [1.29, 1.82) is 0 Å². The fourth-order valence-corrected chi connectivity index (χ4v) is 2.24. The Morgan fingerprint density at radius 3 is 2.68 bits per heavy atom. The van der Waals surface area contributed by atoms with Gasteiger partial charge in [0.05, 0.1) is 0 Å². The molecule has 1 aliphatic heterocycles. The molecule has 102 valence electrons. The number of halogens is 2. The van der Waals surface area contributed by atoms with E-state index in [1.807, 2.05) is 0 Å². The molecule has 1 heterocycles. The van der Waals surface area contributed by atoms with Crippen LogP contribution < -0.4 is 0 Å². The fraction of sp³-hybridized carbons (Fsp3) is 0.385. The third kappa shape index (κ3) is 3.07. The smallest absolute Gasteiger partial charge is 0.303 e. The fourth-order valence-electron chi connectivity index (χ4n) is 2.24. The summed E-state index contributed by atoms with van der Waals surface area (Å²) in [6.07, 6.45) is 0.628. The van der Waals surface area contributed by atoms with Gasteiger partial charge >= 0.3 is 5.97 Å². The summed E-state index contributed by atoms with van der Waals surface area (Å²) < 4.78 is 25.8. The van der Waals surface area contributed by atoms with Crippen molar-refractivity contribution < 1.29 is 23.5 Å². The van der Waals surface area contributed by atoms with Gasteiger partial charge in [0.2, 0.25) is 0 Å². The number of carboxylic acids is 1. The summed E-state index contributed by atoms with van der Waals surface area (Å²) in [6.45, 7) is 0.778. The van der Waals surface area contributed by atoms with Gasteiger partial charge in [-0.3, -0.25) is 9.59 Å². The average molecular weight is 269 g/mol. The Morgan fingerprint density at radius 2 is 2.05 bits per heavy atom. The SMILES string of the molecule is O=C(O)CC1CCN(C(=O)c2ccc(F)c(F)c2)C1. The van der Waals surface area contributed by atoms with Crippen molar-refractivity contribution >= 4 is 11.9 Å². The molecule has 0 radical (unpaired) electrons. The van der Waals surface area contributed by atoms with Gasteiger partial charge < -0.3 is 10.0 Å². The van der Waals surface area contributed by atoms with E-state index in [2.05, 4.69) is 0 Å². The maximum Gasteiger partial charge on any atom is 0.303 e. The molecule has 1 amide bonds. The van der Waals surface area contributed by atoms with E-state index in [9.17, 15) is 18.4 Å². The largest absolute Gasteiger partial charge is 0.481 e. The Balaban J connectivity index is 2.04. The molecule has 1 saturated heterocycles. The molecule has 1 aromatic rings. The number of carboxylic acid groups (broad SMARTS) is 1. The molecule has 0 spiro atoms. The monoisotopic (exact) mass is 269 g/mol. The number of rotatable bonds is 3. The van der Waals surface area contributed by atoms with Crippen LogP contribution >= 0.6 is 0 Å². The molecule has 1 unspecified atom stereocenters. The van der Waals surface area contributed by atoms with E-state index in [0.717, 1.165) is 12.1 Å². The summed E-state index contributed by atoms with van der Waals surface area (Å²) in [7, 11) is 0. The molecule has 0 saturated carbocycles. The molecule has 4 nitrogen and oxygen atoms in total. The van der Waals surface area contributed by atoms with Gasteiger partial charge in [0.15, 0.2) is 11.6 Å². The summed E-state index contributed by atoms with van der Waals surface area (Å²) in [5, 5.41) is 8.69. The van der Waals surface area contributed by atoms with Crippen LogP contribution in [0.3, 0.4) is 0 Å². The number of amides is 1. The molecule has 1 aromatic carbocycles. The number of benzene rings is 1. The Bertz CT molecular complexity index is 519. The van der Waals surface area contributed by atoms with E-state index < -0.39 is 23.5 Å². The molecule has 19 heavy (non-hydrogen) atoms. The van der Waals surface area contributed by atoms with Crippen LogP contribution in [0.1, 0.15) is 23.2 Å². The molecule has 1 aliphatic rings. The second-order valence-corrected chi connectivity index (χ2v) is 4.63. The lowest BCUT2D eigenvalue weighted by Gasteiger charge is -2.16. The summed E-state index contributed by atoms with van der Waals surface area (Å²) in [4.78, 5) is 24.1. The van der Waals surface area contributed by atoms with Gasteiger partial charge in [0, 0.05) is 25.1 Å². The maximum absolute atomic E-state index is 13.1. The summed E-state index contributed by atoms with van der Waals surface area (Å²) in [5.74, 6) is -3.43. The van der Waals surface area contributed by atoms with Gasteiger partial charge in [0.1, 0.15) is 0 Å². The Kier molecular flexibility index (Phi) is 3.78. The second-order valence-electron chi connectivity index (χ2n) is 4.63. The Labute approximate surface area is 108 Å². The van der Waals surface area contributed by atoms with E-state index in [0.29, 0.717) is 19.5 Å². The Hall–Kier alpha value is -1.98.